The van der Waals surface area contributed by atoms with Gasteiger partial charge in [-0.1, -0.05) is 45.0 Å². The first-order valence-electron chi connectivity index (χ1n) is 7.69. The minimum Gasteiger partial charge on any atom is -0.314 e. The molecule has 0 radical (unpaired) electrons. The number of likely N-dealkylation sites (N-methyl/N-ethyl adjacent to an activating group) is 1. The summed E-state index contributed by atoms with van der Waals surface area (Å²) in [6, 6.07) is 10.5. The second kappa shape index (κ2) is 4.92. The van der Waals surface area contributed by atoms with E-state index in [1.54, 1.807) is 11.1 Å². The summed E-state index contributed by atoms with van der Waals surface area (Å²) in [5, 5.41) is 3.41. The van der Waals surface area contributed by atoms with E-state index in [2.05, 4.69) is 55.3 Å². The van der Waals surface area contributed by atoms with Crippen molar-refractivity contribution in [2.75, 3.05) is 19.6 Å². The lowest BCUT2D eigenvalue weighted by Gasteiger charge is -2.47. The zero-order valence-corrected chi connectivity index (χ0v) is 12.4. The van der Waals surface area contributed by atoms with E-state index in [0.717, 1.165) is 25.7 Å². The fourth-order valence-corrected chi connectivity index (χ4v) is 3.78. The third kappa shape index (κ3) is 2.21. The van der Waals surface area contributed by atoms with Gasteiger partial charge in [-0.05, 0) is 35.9 Å². The predicted molar refractivity (Wildman–Crippen MR) is 80.5 cm³/mol. The largest absolute Gasteiger partial charge is 0.314 e. The Balaban J connectivity index is 1.95. The molecule has 2 aliphatic rings. The molecule has 104 valence electrons. The van der Waals surface area contributed by atoms with Crippen LogP contribution in [0.1, 0.15) is 50.8 Å². The summed E-state index contributed by atoms with van der Waals surface area (Å²) in [7, 11) is 0. The van der Waals surface area contributed by atoms with Gasteiger partial charge in [0.25, 0.3) is 0 Å². The Kier molecular flexibility index (Phi) is 3.40. The lowest BCUT2D eigenvalue weighted by atomic mass is 9.70. The van der Waals surface area contributed by atoms with Gasteiger partial charge in [0.05, 0.1) is 0 Å². The van der Waals surface area contributed by atoms with Crippen molar-refractivity contribution in [3.63, 3.8) is 0 Å². The first-order valence-corrected chi connectivity index (χ1v) is 7.69. The van der Waals surface area contributed by atoms with Gasteiger partial charge < -0.3 is 5.32 Å². The molecule has 1 aliphatic heterocycles. The van der Waals surface area contributed by atoms with E-state index in [4.69, 9.17) is 0 Å². The van der Waals surface area contributed by atoms with E-state index in [1.165, 1.54) is 12.8 Å². The maximum absolute atomic E-state index is 3.41. The number of nitrogens with one attached hydrogen (secondary N) is 1. The molecule has 1 heterocycles. The van der Waals surface area contributed by atoms with Crippen LogP contribution in [0.4, 0.5) is 0 Å². The number of hydrogen-bond donors (Lipinski definition) is 1. The van der Waals surface area contributed by atoms with Crippen LogP contribution >= 0.6 is 0 Å². The average molecular weight is 258 g/mol. The van der Waals surface area contributed by atoms with Gasteiger partial charge in [-0.25, -0.2) is 0 Å². The highest BCUT2D eigenvalue weighted by molar-refractivity contribution is 5.38. The number of fused-ring (bicyclic) bond motifs is 1. The Morgan fingerprint density at radius 3 is 2.63 bits per heavy atom. The molecule has 1 fully saturated rings. The maximum atomic E-state index is 3.41. The summed E-state index contributed by atoms with van der Waals surface area (Å²) in [5.41, 5.74) is 3.48. The van der Waals surface area contributed by atoms with Crippen LogP contribution in [0.15, 0.2) is 24.3 Å². The van der Waals surface area contributed by atoms with Crippen LogP contribution in [0.25, 0.3) is 0 Å². The molecule has 3 rings (SSSR count). The molecule has 0 aromatic heterocycles. The molecule has 1 aliphatic carbocycles. The molecule has 19 heavy (non-hydrogen) atoms. The van der Waals surface area contributed by atoms with Crippen molar-refractivity contribution in [2.24, 2.45) is 0 Å². The summed E-state index contributed by atoms with van der Waals surface area (Å²) in [4.78, 5) is 2.71. The molecule has 0 amide bonds. The monoisotopic (exact) mass is 258 g/mol. The SMILES string of the molecule is CCN(C1CNC1)C1CCC(C)(C)c2ccccc21. The first kappa shape index (κ1) is 13.1. The van der Waals surface area contributed by atoms with Crippen molar-refractivity contribution in [3.8, 4) is 0 Å². The van der Waals surface area contributed by atoms with Crippen LogP contribution in [-0.4, -0.2) is 30.6 Å². The zero-order chi connectivity index (χ0) is 13.5. The van der Waals surface area contributed by atoms with Crippen molar-refractivity contribution in [1.29, 1.82) is 0 Å². The Labute approximate surface area is 117 Å². The van der Waals surface area contributed by atoms with Gasteiger partial charge in [-0.3, -0.25) is 4.90 Å². The summed E-state index contributed by atoms with van der Waals surface area (Å²) in [6.45, 7) is 10.6. The average Bonchev–Trinajstić information content (AvgIpc) is 2.35. The molecule has 0 saturated carbocycles. The summed E-state index contributed by atoms with van der Waals surface area (Å²) >= 11 is 0. The molecule has 2 nitrogen and oxygen atoms in total. The minimum absolute atomic E-state index is 0.338. The highest BCUT2D eigenvalue weighted by Crippen LogP contribution is 2.44. The first-order chi connectivity index (χ1) is 9.13. The fraction of sp³-hybridized carbons (Fsp3) is 0.647. The second-order valence-corrected chi connectivity index (χ2v) is 6.67. The molecule has 0 spiro atoms. The molecule has 1 N–H and O–H groups in total. The smallest absolute Gasteiger partial charge is 0.0355 e. The Morgan fingerprint density at radius 1 is 1.26 bits per heavy atom. The molecule has 1 aromatic rings. The molecule has 1 unspecified atom stereocenters. The Morgan fingerprint density at radius 2 is 2.00 bits per heavy atom. The quantitative estimate of drug-likeness (QED) is 0.896. The normalized spacial score (nSPS) is 26.0. The van der Waals surface area contributed by atoms with E-state index in [0.29, 0.717) is 11.5 Å². The molecular formula is C17H26N2. The zero-order valence-electron chi connectivity index (χ0n) is 12.4. The van der Waals surface area contributed by atoms with Gasteiger partial charge in [0.1, 0.15) is 0 Å². The van der Waals surface area contributed by atoms with Crippen molar-refractivity contribution in [3.05, 3.63) is 35.4 Å². The van der Waals surface area contributed by atoms with Crippen LogP contribution in [0.5, 0.6) is 0 Å². The molecule has 1 aromatic carbocycles. The number of hydrogen-bond acceptors (Lipinski definition) is 2. The summed E-state index contributed by atoms with van der Waals surface area (Å²) in [5.74, 6) is 0. The van der Waals surface area contributed by atoms with Crippen LogP contribution in [0.3, 0.4) is 0 Å². The Bertz CT molecular complexity index is 448. The van der Waals surface area contributed by atoms with E-state index in [-0.39, 0.29) is 0 Å². The molecule has 1 saturated heterocycles. The summed E-state index contributed by atoms with van der Waals surface area (Å²) < 4.78 is 0. The second-order valence-electron chi connectivity index (χ2n) is 6.67. The molecular weight excluding hydrogens is 232 g/mol. The molecule has 1 atom stereocenters. The van der Waals surface area contributed by atoms with Crippen molar-refractivity contribution in [2.45, 2.75) is 51.1 Å². The van der Waals surface area contributed by atoms with Gasteiger partial charge in [0, 0.05) is 25.2 Å². The van der Waals surface area contributed by atoms with E-state index in [1.807, 2.05) is 0 Å². The van der Waals surface area contributed by atoms with Gasteiger partial charge in [-0.2, -0.15) is 0 Å². The van der Waals surface area contributed by atoms with Crippen LogP contribution < -0.4 is 5.32 Å². The predicted octanol–water partition coefficient (Wildman–Crippen LogP) is 3.09. The van der Waals surface area contributed by atoms with Gasteiger partial charge >= 0.3 is 0 Å². The fourth-order valence-electron chi connectivity index (χ4n) is 3.78. The van der Waals surface area contributed by atoms with Gasteiger partial charge in [0.2, 0.25) is 0 Å². The van der Waals surface area contributed by atoms with Crippen LogP contribution in [0.2, 0.25) is 0 Å². The number of nitrogens with zero attached hydrogens (tertiary/aromatic N) is 1. The topological polar surface area (TPSA) is 15.3 Å². The lowest BCUT2D eigenvalue weighted by Crippen LogP contribution is -2.58. The summed E-state index contributed by atoms with van der Waals surface area (Å²) in [6.07, 6.45) is 2.60. The van der Waals surface area contributed by atoms with Crippen LogP contribution in [-0.2, 0) is 5.41 Å². The number of benzene rings is 1. The third-order valence-corrected chi connectivity index (χ3v) is 5.09. The third-order valence-electron chi connectivity index (χ3n) is 5.09. The van der Waals surface area contributed by atoms with Crippen molar-refractivity contribution in [1.82, 2.24) is 10.2 Å². The highest BCUT2D eigenvalue weighted by Gasteiger charge is 2.37. The van der Waals surface area contributed by atoms with Crippen molar-refractivity contribution >= 4 is 0 Å². The lowest BCUT2D eigenvalue weighted by molar-refractivity contribution is 0.0838. The van der Waals surface area contributed by atoms with Crippen LogP contribution in [0, 0.1) is 0 Å². The maximum Gasteiger partial charge on any atom is 0.0355 e. The molecule has 0 bridgehead atoms. The highest BCUT2D eigenvalue weighted by atomic mass is 15.3. The van der Waals surface area contributed by atoms with E-state index >= 15 is 0 Å². The van der Waals surface area contributed by atoms with E-state index in [9.17, 15) is 0 Å². The van der Waals surface area contributed by atoms with Gasteiger partial charge in [0.15, 0.2) is 0 Å². The Hall–Kier alpha value is -0.860. The van der Waals surface area contributed by atoms with Gasteiger partial charge in [-0.15, -0.1) is 0 Å². The van der Waals surface area contributed by atoms with E-state index < -0.39 is 0 Å². The van der Waals surface area contributed by atoms with Crippen molar-refractivity contribution < 1.29 is 0 Å². The number of rotatable bonds is 3. The molecule has 2 heteroatoms. The standard InChI is InChI=1S/C17H26N2/c1-4-19(13-11-18-12-13)16-9-10-17(2,3)15-8-6-5-7-14(15)16/h5-8,13,16,18H,4,9-12H2,1-3H3. The minimum atomic E-state index is 0.338.